The summed E-state index contributed by atoms with van der Waals surface area (Å²) in [6, 6.07) is 0.271. The Morgan fingerprint density at radius 3 is 2.93 bits per heavy atom. The fourth-order valence-corrected chi connectivity index (χ4v) is 1.39. The second kappa shape index (κ2) is 3.79. The van der Waals surface area contributed by atoms with Crippen molar-refractivity contribution < 1.29 is 9.47 Å². The first-order valence-electron chi connectivity index (χ1n) is 4.56. The lowest BCUT2D eigenvalue weighted by molar-refractivity contribution is 0.0918. The van der Waals surface area contributed by atoms with Crippen molar-refractivity contribution >= 4 is 0 Å². The van der Waals surface area contributed by atoms with Gasteiger partial charge in [0.15, 0.2) is 5.75 Å². The third-order valence-corrected chi connectivity index (χ3v) is 2.27. The van der Waals surface area contributed by atoms with E-state index in [2.05, 4.69) is 9.97 Å². The Kier molecular flexibility index (Phi) is 2.49. The lowest BCUT2D eigenvalue weighted by atomic mass is 9.90. The number of hydrogen-bond donors (Lipinski definition) is 1. The van der Waals surface area contributed by atoms with E-state index < -0.39 is 0 Å². The zero-order valence-corrected chi connectivity index (χ0v) is 8.01. The molecule has 0 aliphatic heterocycles. The first kappa shape index (κ1) is 9.21. The van der Waals surface area contributed by atoms with Crippen molar-refractivity contribution in [3.63, 3.8) is 0 Å². The minimum absolute atomic E-state index is 0.175. The van der Waals surface area contributed by atoms with Crippen molar-refractivity contribution in [2.75, 3.05) is 7.11 Å². The van der Waals surface area contributed by atoms with E-state index in [1.54, 1.807) is 13.3 Å². The summed E-state index contributed by atoms with van der Waals surface area (Å²) >= 11 is 0. The summed E-state index contributed by atoms with van der Waals surface area (Å²) < 4.78 is 10.6. The number of hydrogen-bond acceptors (Lipinski definition) is 5. The molecular weight excluding hydrogens is 182 g/mol. The van der Waals surface area contributed by atoms with Crippen molar-refractivity contribution in [1.29, 1.82) is 0 Å². The Balaban J connectivity index is 2.01. The van der Waals surface area contributed by atoms with Crippen LogP contribution in [0.3, 0.4) is 0 Å². The van der Waals surface area contributed by atoms with E-state index in [0.29, 0.717) is 11.6 Å². The Morgan fingerprint density at radius 2 is 2.29 bits per heavy atom. The molecule has 0 atom stereocenters. The van der Waals surface area contributed by atoms with Crippen LogP contribution in [0.4, 0.5) is 0 Å². The van der Waals surface area contributed by atoms with Crippen LogP contribution in [0.15, 0.2) is 12.5 Å². The van der Waals surface area contributed by atoms with Crippen LogP contribution < -0.4 is 15.2 Å². The quantitative estimate of drug-likeness (QED) is 0.753. The van der Waals surface area contributed by atoms with Gasteiger partial charge >= 0.3 is 0 Å². The maximum absolute atomic E-state index is 5.65. The van der Waals surface area contributed by atoms with Gasteiger partial charge in [0.05, 0.1) is 13.3 Å². The minimum Gasteiger partial charge on any atom is -0.490 e. The molecule has 0 bridgehead atoms. The fraction of sp³-hybridized carbons (Fsp3) is 0.556. The van der Waals surface area contributed by atoms with Crippen molar-refractivity contribution in [2.24, 2.45) is 5.73 Å². The standard InChI is InChI=1S/C9H13N3O2/c1-13-8-4-11-5-12-9(8)14-7-2-6(10)3-7/h4-7H,2-3,10H2,1H3. The van der Waals surface area contributed by atoms with Gasteiger partial charge in [-0.1, -0.05) is 0 Å². The van der Waals surface area contributed by atoms with Crippen molar-refractivity contribution in [3.8, 4) is 11.6 Å². The molecule has 1 saturated carbocycles. The predicted molar refractivity (Wildman–Crippen MR) is 50.2 cm³/mol. The first-order chi connectivity index (χ1) is 6.79. The summed E-state index contributed by atoms with van der Waals surface area (Å²) in [6.07, 6.45) is 4.96. The van der Waals surface area contributed by atoms with Gasteiger partial charge in [-0.2, -0.15) is 4.98 Å². The summed E-state index contributed by atoms with van der Waals surface area (Å²) in [5.74, 6) is 1.06. The van der Waals surface area contributed by atoms with Gasteiger partial charge in [0.1, 0.15) is 12.4 Å². The average molecular weight is 195 g/mol. The maximum Gasteiger partial charge on any atom is 0.260 e. The van der Waals surface area contributed by atoms with Crippen LogP contribution in [0.2, 0.25) is 0 Å². The second-order valence-corrected chi connectivity index (χ2v) is 3.37. The molecule has 1 heterocycles. The highest BCUT2D eigenvalue weighted by Gasteiger charge is 2.28. The van der Waals surface area contributed by atoms with E-state index in [0.717, 1.165) is 12.8 Å². The molecule has 5 heteroatoms. The van der Waals surface area contributed by atoms with Gasteiger partial charge in [0.2, 0.25) is 0 Å². The molecule has 1 aliphatic rings. The number of aromatic nitrogens is 2. The molecule has 0 spiro atoms. The first-order valence-corrected chi connectivity index (χ1v) is 4.56. The Labute approximate surface area is 82.3 Å². The summed E-state index contributed by atoms with van der Waals surface area (Å²) in [5.41, 5.74) is 5.65. The van der Waals surface area contributed by atoms with E-state index in [-0.39, 0.29) is 12.1 Å². The molecule has 0 aromatic carbocycles. The van der Waals surface area contributed by atoms with E-state index in [4.69, 9.17) is 15.2 Å². The Hall–Kier alpha value is -1.36. The summed E-state index contributed by atoms with van der Waals surface area (Å²) in [4.78, 5) is 7.84. The highest BCUT2D eigenvalue weighted by atomic mass is 16.5. The van der Waals surface area contributed by atoms with Gasteiger partial charge < -0.3 is 15.2 Å². The lowest BCUT2D eigenvalue weighted by Gasteiger charge is -2.32. The number of nitrogens with zero attached hydrogens (tertiary/aromatic N) is 2. The van der Waals surface area contributed by atoms with Gasteiger partial charge in [-0.25, -0.2) is 4.98 Å². The molecule has 0 amide bonds. The van der Waals surface area contributed by atoms with Crippen LogP contribution in [0, 0.1) is 0 Å². The zero-order chi connectivity index (χ0) is 9.97. The molecule has 2 N–H and O–H groups in total. The average Bonchev–Trinajstić information content (AvgIpc) is 2.16. The van der Waals surface area contributed by atoms with Gasteiger partial charge in [-0.3, -0.25) is 0 Å². The zero-order valence-electron chi connectivity index (χ0n) is 8.01. The molecule has 0 unspecified atom stereocenters. The van der Waals surface area contributed by atoms with Crippen LogP contribution in [0.25, 0.3) is 0 Å². The molecule has 0 radical (unpaired) electrons. The van der Waals surface area contributed by atoms with Gasteiger partial charge in [-0.15, -0.1) is 0 Å². The van der Waals surface area contributed by atoms with Crippen LogP contribution in [-0.2, 0) is 0 Å². The summed E-state index contributed by atoms with van der Waals surface area (Å²) in [5, 5.41) is 0. The minimum atomic E-state index is 0.175. The second-order valence-electron chi connectivity index (χ2n) is 3.37. The normalized spacial score (nSPS) is 25.3. The monoisotopic (exact) mass is 195 g/mol. The summed E-state index contributed by atoms with van der Waals surface area (Å²) in [7, 11) is 1.57. The maximum atomic E-state index is 5.65. The largest absolute Gasteiger partial charge is 0.490 e. The molecule has 1 aromatic heterocycles. The number of nitrogens with two attached hydrogens (primary N) is 1. The van der Waals surface area contributed by atoms with E-state index >= 15 is 0 Å². The highest BCUT2D eigenvalue weighted by Crippen LogP contribution is 2.28. The lowest BCUT2D eigenvalue weighted by Crippen LogP contribution is -2.43. The van der Waals surface area contributed by atoms with E-state index in [1.165, 1.54) is 6.33 Å². The number of methoxy groups -OCH3 is 1. The number of rotatable bonds is 3. The van der Waals surface area contributed by atoms with Gasteiger partial charge in [-0.05, 0) is 12.8 Å². The van der Waals surface area contributed by atoms with Crippen LogP contribution in [0.5, 0.6) is 11.6 Å². The molecule has 1 aromatic rings. The van der Waals surface area contributed by atoms with E-state index in [9.17, 15) is 0 Å². The van der Waals surface area contributed by atoms with Crippen molar-refractivity contribution in [2.45, 2.75) is 25.0 Å². The third kappa shape index (κ3) is 1.77. The Bertz CT molecular complexity index is 313. The molecule has 1 fully saturated rings. The SMILES string of the molecule is COc1cncnc1OC1CC(N)C1. The fourth-order valence-electron chi connectivity index (χ4n) is 1.39. The molecule has 1 aliphatic carbocycles. The summed E-state index contributed by atoms with van der Waals surface area (Å²) in [6.45, 7) is 0. The van der Waals surface area contributed by atoms with E-state index in [1.807, 2.05) is 0 Å². The predicted octanol–water partition coefficient (Wildman–Crippen LogP) is 0.354. The molecule has 2 rings (SSSR count). The topological polar surface area (TPSA) is 70.3 Å². The van der Waals surface area contributed by atoms with Crippen LogP contribution in [0.1, 0.15) is 12.8 Å². The van der Waals surface area contributed by atoms with Gasteiger partial charge in [0, 0.05) is 6.04 Å². The molecule has 14 heavy (non-hydrogen) atoms. The number of ether oxygens (including phenoxy) is 2. The smallest absolute Gasteiger partial charge is 0.260 e. The van der Waals surface area contributed by atoms with Crippen molar-refractivity contribution in [1.82, 2.24) is 9.97 Å². The van der Waals surface area contributed by atoms with Crippen LogP contribution in [-0.4, -0.2) is 29.2 Å². The molecule has 5 nitrogen and oxygen atoms in total. The molecule has 76 valence electrons. The van der Waals surface area contributed by atoms with Gasteiger partial charge in [0.25, 0.3) is 5.88 Å². The Morgan fingerprint density at radius 1 is 1.50 bits per heavy atom. The van der Waals surface area contributed by atoms with Crippen LogP contribution >= 0.6 is 0 Å². The van der Waals surface area contributed by atoms with Crippen molar-refractivity contribution in [3.05, 3.63) is 12.5 Å². The molecule has 0 saturated heterocycles. The molecular formula is C9H13N3O2. The highest BCUT2D eigenvalue weighted by molar-refractivity contribution is 5.29. The third-order valence-electron chi connectivity index (χ3n) is 2.27.